The summed E-state index contributed by atoms with van der Waals surface area (Å²) in [7, 11) is 0. The molecule has 1 unspecified atom stereocenters. The first-order chi connectivity index (χ1) is 50.0. The third-order valence-corrected chi connectivity index (χ3v) is 23.8. The first-order valence-corrected chi connectivity index (χ1v) is 37.8. The van der Waals surface area contributed by atoms with Crippen molar-refractivity contribution in [1.82, 2.24) is 0 Å². The summed E-state index contributed by atoms with van der Waals surface area (Å²) >= 11 is 11.1. The normalized spacial score (nSPS) is 12.0. The lowest BCUT2D eigenvalue weighted by Crippen LogP contribution is -2.12. The van der Waals surface area contributed by atoms with Crippen molar-refractivity contribution >= 4 is 130 Å². The smallest absolute Gasteiger partial charge is 0.0540 e. The molecule has 0 aromatic heterocycles. The second kappa shape index (κ2) is 30.4. The van der Waals surface area contributed by atoms with E-state index in [4.69, 9.17) is 0 Å². The van der Waals surface area contributed by atoms with Gasteiger partial charge in [-0.2, -0.15) is 0 Å². The van der Waals surface area contributed by atoms with Crippen molar-refractivity contribution in [3.05, 3.63) is 409 Å². The van der Waals surface area contributed by atoms with Crippen LogP contribution in [0.3, 0.4) is 0 Å². The van der Waals surface area contributed by atoms with Gasteiger partial charge in [0.1, 0.15) is 0 Å². The number of nitrogens with zero attached hydrogens (tertiary/aromatic N) is 2. The third-order valence-electron chi connectivity index (χ3n) is 18.1. The molecule has 8 heteroatoms. The van der Waals surface area contributed by atoms with E-state index in [1.807, 2.05) is 65.2 Å². The second-order valence-electron chi connectivity index (χ2n) is 24.5. The molecule has 101 heavy (non-hydrogen) atoms. The molecule has 1 atom stereocenters. The first-order valence-electron chi connectivity index (χ1n) is 33.7. The van der Waals surface area contributed by atoms with Crippen molar-refractivity contribution in [1.29, 1.82) is 0 Å². The molecule has 0 amide bonds. The van der Waals surface area contributed by atoms with Gasteiger partial charge in [0.05, 0.1) is 5.69 Å². The standard InChI is InChI=1S/C46H32N2S2.C31H21BrS2.C16H13N/c1-3-15-35(16-4-1)47(37-27-25-34(26-28-37)41-20-12-24-45-46(41)50-44-23-10-9-22-43(44)49-45)38-29-31-39(32-30-38)48(36-17-5-2-6-18-36)42-21-11-14-33-13-7-8-19-40(33)42;32-25-19-17-24(18-20-25)30(22-7-2-1-3-8-22)23-15-13-21(14-16-23)26-9-6-12-29-31(26)34-28-11-5-4-10-27(28)33-29;1-2-9-14(10-3-1)17-16-12-6-8-13-7-4-5-11-15(13)16/h1-32H;1-20,30H;1-12,17H. The molecular formula is C93H66BrN3S4. The van der Waals surface area contributed by atoms with Crippen molar-refractivity contribution < 1.29 is 0 Å². The van der Waals surface area contributed by atoms with Crippen LogP contribution in [-0.2, 0) is 0 Å². The van der Waals surface area contributed by atoms with Crippen LogP contribution in [0.25, 0.3) is 43.8 Å². The molecule has 0 fully saturated rings. The second-order valence-corrected chi connectivity index (χ2v) is 29.7. The van der Waals surface area contributed by atoms with E-state index in [9.17, 15) is 0 Å². The fraction of sp³-hybridized carbons (Fsp3) is 0.0108. The molecule has 0 saturated carbocycles. The summed E-state index contributed by atoms with van der Waals surface area (Å²) in [6.07, 6.45) is 0. The van der Waals surface area contributed by atoms with Crippen molar-refractivity contribution in [2.45, 2.75) is 45.1 Å². The SMILES string of the molecule is Brc1ccc(C(c2ccccc2)c2ccc(-c3cccc4c3Sc3ccccc3S4)cc2)cc1.c1ccc(N(c2ccc(-c3cccc4c3Sc3ccccc3S4)cc2)c2ccc(N(c3ccccc3)c3cccc4ccccc34)cc2)cc1.c1ccc(Nc2cccc3ccccc23)cc1. The summed E-state index contributed by atoms with van der Waals surface area (Å²) in [5.41, 5.74) is 17.9. The van der Waals surface area contributed by atoms with E-state index in [1.165, 1.54) is 99.7 Å². The highest BCUT2D eigenvalue weighted by Gasteiger charge is 2.24. The molecular weight excluding hydrogens is 1370 g/mol. The summed E-state index contributed by atoms with van der Waals surface area (Å²) in [6.45, 7) is 0. The highest BCUT2D eigenvalue weighted by atomic mass is 79.9. The summed E-state index contributed by atoms with van der Waals surface area (Å²) in [5, 5.41) is 8.39. The summed E-state index contributed by atoms with van der Waals surface area (Å²) in [6, 6.07) is 139. The fourth-order valence-corrected chi connectivity index (χ4v) is 18.3. The molecule has 2 aliphatic rings. The van der Waals surface area contributed by atoms with Crippen LogP contribution >= 0.6 is 63.0 Å². The van der Waals surface area contributed by atoms with Gasteiger partial charge in [-0.15, -0.1) is 0 Å². The van der Waals surface area contributed by atoms with Gasteiger partial charge in [-0.1, -0.05) is 318 Å². The molecule has 0 radical (unpaired) electrons. The predicted molar refractivity (Wildman–Crippen MR) is 435 cm³/mol. The molecule has 1 N–H and O–H groups in total. The Kier molecular flexibility index (Phi) is 19.6. The summed E-state index contributed by atoms with van der Waals surface area (Å²) in [4.78, 5) is 15.3. The van der Waals surface area contributed by atoms with Gasteiger partial charge >= 0.3 is 0 Å². The minimum Gasteiger partial charge on any atom is -0.355 e. The van der Waals surface area contributed by atoms with Crippen molar-refractivity contribution in [2.75, 3.05) is 15.1 Å². The third kappa shape index (κ3) is 14.4. The Morgan fingerprint density at radius 2 is 0.614 bits per heavy atom. The molecule has 0 saturated heterocycles. The first kappa shape index (κ1) is 65.0. The van der Waals surface area contributed by atoms with Gasteiger partial charge in [-0.05, 0) is 183 Å². The number of para-hydroxylation sites is 3. The maximum Gasteiger partial charge on any atom is 0.0540 e. The predicted octanol–water partition coefficient (Wildman–Crippen LogP) is 28.6. The van der Waals surface area contributed by atoms with Gasteiger partial charge in [-0.3, -0.25) is 0 Å². The van der Waals surface area contributed by atoms with Crippen molar-refractivity contribution in [3.8, 4) is 22.3 Å². The Hall–Kier alpha value is -10.7. The van der Waals surface area contributed by atoms with Crippen LogP contribution in [0.15, 0.2) is 432 Å². The summed E-state index contributed by atoms with van der Waals surface area (Å²) in [5.74, 6) is 0.199. The number of hydrogen-bond acceptors (Lipinski definition) is 7. The number of rotatable bonds is 13. The summed E-state index contributed by atoms with van der Waals surface area (Å²) < 4.78 is 1.10. The lowest BCUT2D eigenvalue weighted by molar-refractivity contribution is 0.977. The number of hydrogen-bond donors (Lipinski definition) is 1. The average Bonchev–Trinajstić information content (AvgIpc) is 0.784. The maximum atomic E-state index is 3.58. The number of benzene rings is 16. The van der Waals surface area contributed by atoms with Crippen LogP contribution < -0.4 is 15.1 Å². The van der Waals surface area contributed by atoms with E-state index in [0.717, 1.165) is 50.0 Å². The number of halogens is 1. The van der Waals surface area contributed by atoms with Crippen LogP contribution in [-0.4, -0.2) is 0 Å². The minimum atomic E-state index is 0.199. The highest BCUT2D eigenvalue weighted by molar-refractivity contribution is 9.10. The molecule has 0 aliphatic carbocycles. The Morgan fingerprint density at radius 1 is 0.257 bits per heavy atom. The monoisotopic (exact) mass is 1430 g/mol. The van der Waals surface area contributed by atoms with Gasteiger partial charge in [0.15, 0.2) is 0 Å². The Morgan fingerprint density at radius 3 is 1.16 bits per heavy atom. The van der Waals surface area contributed by atoms with E-state index in [-0.39, 0.29) is 5.92 Å². The van der Waals surface area contributed by atoms with E-state index >= 15 is 0 Å². The van der Waals surface area contributed by atoms with Gasteiger partial charge in [0, 0.05) is 100 Å². The molecule has 484 valence electrons. The molecule has 16 aromatic rings. The molecule has 16 aromatic carbocycles. The van der Waals surface area contributed by atoms with E-state index in [2.05, 4.69) is 401 Å². The molecule has 18 rings (SSSR count). The zero-order valence-electron chi connectivity index (χ0n) is 54.9. The van der Waals surface area contributed by atoms with E-state index in [1.54, 1.807) is 0 Å². The highest BCUT2D eigenvalue weighted by Crippen LogP contribution is 2.54. The van der Waals surface area contributed by atoms with Gasteiger partial charge in [-0.25, -0.2) is 0 Å². The lowest BCUT2D eigenvalue weighted by Gasteiger charge is -2.29. The maximum absolute atomic E-state index is 3.58. The molecule has 0 bridgehead atoms. The molecule has 2 heterocycles. The van der Waals surface area contributed by atoms with Crippen molar-refractivity contribution in [3.63, 3.8) is 0 Å². The number of fused-ring (bicyclic) bond motifs is 6. The molecule has 0 spiro atoms. The fourth-order valence-electron chi connectivity index (χ4n) is 13.3. The van der Waals surface area contributed by atoms with Crippen LogP contribution in [0, 0.1) is 0 Å². The molecule has 3 nitrogen and oxygen atoms in total. The average molecular weight is 1430 g/mol. The van der Waals surface area contributed by atoms with Crippen molar-refractivity contribution in [2.24, 2.45) is 0 Å². The Bertz CT molecular complexity index is 5500. The number of anilines is 8. The Balaban J connectivity index is 0.000000133. The van der Waals surface area contributed by atoms with Gasteiger partial charge in [0.25, 0.3) is 0 Å². The van der Waals surface area contributed by atoms with Crippen LogP contribution in [0.5, 0.6) is 0 Å². The quantitative estimate of drug-likeness (QED) is 0.115. The zero-order chi connectivity index (χ0) is 67.7. The topological polar surface area (TPSA) is 18.5 Å². The lowest BCUT2D eigenvalue weighted by atomic mass is 9.84. The van der Waals surface area contributed by atoms with E-state index < -0.39 is 0 Å². The Labute approximate surface area is 616 Å². The minimum absolute atomic E-state index is 0.199. The number of nitrogens with one attached hydrogen (secondary N) is 1. The molecule has 2 aliphatic heterocycles. The van der Waals surface area contributed by atoms with Crippen LogP contribution in [0.4, 0.5) is 45.5 Å². The van der Waals surface area contributed by atoms with Gasteiger partial charge in [0.2, 0.25) is 0 Å². The zero-order valence-corrected chi connectivity index (χ0v) is 59.8. The van der Waals surface area contributed by atoms with Gasteiger partial charge < -0.3 is 15.1 Å². The van der Waals surface area contributed by atoms with E-state index in [0.29, 0.717) is 0 Å². The van der Waals surface area contributed by atoms with Crippen LogP contribution in [0.1, 0.15) is 22.6 Å². The largest absolute Gasteiger partial charge is 0.355 e. The van der Waals surface area contributed by atoms with Crippen LogP contribution in [0.2, 0.25) is 0 Å².